The second-order valence-electron chi connectivity index (χ2n) is 4.59. The van der Waals surface area contributed by atoms with Gasteiger partial charge in [-0.05, 0) is 0 Å². The molecule has 60 nitrogen and oxygen atoms in total. The van der Waals surface area contributed by atoms with Gasteiger partial charge in [-0.2, -0.15) is 0 Å². The summed E-state index contributed by atoms with van der Waals surface area (Å²) in [6, 6.07) is 0. The minimum atomic E-state index is -3.79. The van der Waals surface area contributed by atoms with Crippen LogP contribution in [0.5, 0.6) is 0 Å². The van der Waals surface area contributed by atoms with Crippen LogP contribution >= 0.6 is 0 Å². The smallest absolute Gasteiger partial charge is 1.00 e. The summed E-state index contributed by atoms with van der Waals surface area (Å²) in [6.07, 6.45) is 0. The van der Waals surface area contributed by atoms with Crippen LogP contribution in [-0.4, -0.2) is 449 Å². The van der Waals surface area contributed by atoms with Crippen LogP contribution in [0, 0.1) is 0 Å². The van der Waals surface area contributed by atoms with E-state index in [1.54, 1.807) is 0 Å². The van der Waals surface area contributed by atoms with Crippen molar-refractivity contribution in [2.24, 2.45) is 0 Å². The third-order valence-electron chi connectivity index (χ3n) is 0. The largest absolute Gasteiger partial charge is 1.00 e. The summed E-state index contributed by atoms with van der Waals surface area (Å²) in [6.45, 7) is 0. The number of hydrogen-bond donors (Lipinski definition) is 38. The van der Waals surface area contributed by atoms with E-state index in [0.717, 1.165) is 0 Å². The fourth-order valence-corrected chi connectivity index (χ4v) is 0. The molecule has 0 rings (SSSR count). The molecule has 0 unspecified atom stereocenters. The Kier molecular flexibility index (Phi) is 277. The van der Waals surface area contributed by atoms with Crippen LogP contribution < -0.4 is 67.5 Å². The van der Waals surface area contributed by atoms with Crippen LogP contribution in [0.4, 0.5) is 0 Å². The molecule has 38 N–H and O–H groups in total. The van der Waals surface area contributed by atoms with E-state index in [1.807, 2.05) is 0 Å². The third kappa shape index (κ3) is 13900. The third-order valence-corrected chi connectivity index (χ3v) is 0. The normalized spacial score (nSPS) is 8.54. The van der Waals surface area contributed by atoms with Crippen LogP contribution in [0.25, 0.3) is 0 Å². The van der Waals surface area contributed by atoms with Crippen molar-refractivity contribution in [1.82, 2.24) is 0 Å². The molecular formula is H38Na2O60Se20. The summed E-state index contributed by atoms with van der Waals surface area (Å²) in [5.74, 6) is 0. The number of rotatable bonds is 0. The van der Waals surface area contributed by atoms with E-state index in [0.29, 0.717) is 0 Å². The molecule has 0 aromatic heterocycles. The van der Waals surface area contributed by atoms with Crippen LogP contribution in [0.1, 0.15) is 0 Å². The minimum absolute atomic E-state index is 0. The summed E-state index contributed by atoms with van der Waals surface area (Å²) in [7, 11) is 0. The molecule has 0 spiro atoms. The molecule has 0 heterocycles. The second kappa shape index (κ2) is 148. The molecule has 0 aromatic carbocycles. The zero-order chi connectivity index (χ0) is 71.5. The van der Waals surface area contributed by atoms with Crippen LogP contribution in [0.2, 0.25) is 0 Å². The van der Waals surface area contributed by atoms with Crippen molar-refractivity contribution < 1.29 is 303 Å². The van der Waals surface area contributed by atoms with Gasteiger partial charge in [-0.25, -0.2) is 0 Å². The van der Waals surface area contributed by atoms with Crippen molar-refractivity contribution in [1.29, 1.82) is 0 Å². The molecule has 0 atom stereocenters. The van der Waals surface area contributed by atoms with Gasteiger partial charge >= 0.3 is 593 Å². The van der Waals surface area contributed by atoms with E-state index in [9.17, 15) is 0 Å². The molecule has 0 aliphatic heterocycles. The molecule has 520 valence electrons. The molecule has 0 bridgehead atoms. The van der Waals surface area contributed by atoms with Gasteiger partial charge in [-0.3, -0.25) is 0 Å². The van der Waals surface area contributed by atoms with Gasteiger partial charge < -0.3 is 0 Å². The average molecular weight is 2620 g/mol. The van der Waals surface area contributed by atoms with E-state index in [2.05, 4.69) is 0 Å². The van der Waals surface area contributed by atoms with Crippen LogP contribution in [0.15, 0.2) is 0 Å². The van der Waals surface area contributed by atoms with Gasteiger partial charge in [0.25, 0.3) is 0 Å². The predicted octanol–water partition coefficient (Wildman–Crippen LogP) is -39.5. The van der Waals surface area contributed by atoms with Crippen molar-refractivity contribution in [2.45, 2.75) is 0 Å². The van der Waals surface area contributed by atoms with E-state index < -0.39 is 290 Å². The Labute approximate surface area is 583 Å². The first-order valence-corrected chi connectivity index (χ1v) is 55.1. The standard InChI is InChI=1S/2Na.20H2O3Se/c;;20*1-4(2)3/h;;20*(H2,1,2,3)/q2*+1;;;;;;;;;;;;;;;;;;;;/p-2. The van der Waals surface area contributed by atoms with Gasteiger partial charge in [-0.15, -0.1) is 0 Å². The summed E-state index contributed by atoms with van der Waals surface area (Å²) in [4.78, 5) is 0. The molecule has 0 amide bonds. The molecule has 0 saturated carbocycles. The van der Waals surface area contributed by atoms with Gasteiger partial charge in [0, 0.05) is 0 Å². The van der Waals surface area contributed by atoms with Crippen molar-refractivity contribution in [2.75, 3.05) is 0 Å². The first kappa shape index (κ1) is 153. The maximum absolute atomic E-state index is 8.76. The molecule has 0 fully saturated rings. The topological polar surface area (TPSA) is 1160 Å². The Morgan fingerprint density at radius 3 is 0.122 bits per heavy atom. The first-order valence-electron chi connectivity index (χ1n) is 10.6. The van der Waals surface area contributed by atoms with Crippen molar-refractivity contribution >= 4 is 290 Å². The molecule has 82 heteroatoms. The van der Waals surface area contributed by atoms with Gasteiger partial charge in [0.15, 0.2) is 0 Å². The monoisotopic (exact) mass is 2640 g/mol. The molecule has 0 aliphatic rings. The Morgan fingerprint density at radius 1 is 0.122 bits per heavy atom. The summed E-state index contributed by atoms with van der Waals surface area (Å²) < 4.78 is 465. The van der Waals surface area contributed by atoms with Crippen molar-refractivity contribution in [3.05, 3.63) is 0 Å². The summed E-state index contributed by atoms with van der Waals surface area (Å²) in [5, 5.41) is 0. The zero-order valence-electron chi connectivity index (χ0n) is 36.1. The molecular weight excluding hydrogens is 2590 g/mol. The molecule has 0 saturated heterocycles. The predicted molar refractivity (Wildman–Crippen MR) is 213 cm³/mol. The maximum atomic E-state index is 8.76. The van der Waals surface area contributed by atoms with E-state index in [-0.39, 0.29) is 59.1 Å². The van der Waals surface area contributed by atoms with Crippen molar-refractivity contribution in [3.63, 3.8) is 0 Å². The van der Waals surface area contributed by atoms with Gasteiger partial charge in [0.1, 0.15) is 0 Å². The fraction of sp³-hybridized carbons (Fsp3) is 0. The van der Waals surface area contributed by atoms with E-state index in [1.165, 1.54) is 0 Å². The molecule has 0 aliphatic carbocycles. The quantitative estimate of drug-likeness (QED) is 0.100. The minimum Gasteiger partial charge on any atom is 1.00 e. The van der Waals surface area contributed by atoms with Gasteiger partial charge in [-0.1, -0.05) is 0 Å². The number of hydrogen-bond acceptors (Lipinski definition) is 22. The summed E-state index contributed by atoms with van der Waals surface area (Å²) >= 11 is -66.3. The Balaban J connectivity index is -0.0000000231. The Bertz CT molecular complexity index is 1060. The Hall–Kier alpha value is 6.79. The van der Waals surface area contributed by atoms with Crippen molar-refractivity contribution in [3.8, 4) is 0 Å². The van der Waals surface area contributed by atoms with Crippen LogP contribution in [0.3, 0.4) is 0 Å². The summed E-state index contributed by atoms with van der Waals surface area (Å²) in [5.41, 5.74) is 0. The van der Waals surface area contributed by atoms with Crippen LogP contribution in [-0.2, 0) is 76.7 Å². The Morgan fingerprint density at radius 2 is 0.122 bits per heavy atom. The van der Waals surface area contributed by atoms with E-state index in [4.69, 9.17) is 244 Å². The van der Waals surface area contributed by atoms with E-state index >= 15 is 0 Å². The first-order chi connectivity index (χ1) is 34.6. The molecule has 0 aromatic rings. The SMILES string of the molecule is O=[Se](O)O.O=[Se](O)O.O=[Se](O)O.O=[Se](O)O.O=[Se](O)O.O=[Se](O)O.O=[Se](O)O.O=[Se](O)O.O=[Se](O)O.O=[Se](O)O.O=[Se](O)O.O=[Se](O)O.O=[Se](O)O.O=[Se](O)O.O=[Se](O)O.O=[Se](O)O.O=[Se](O)O.O=[Se](O)O.O=[Se](O)O.O=[Se]([O-])[O-].[Na+].[Na+]. The van der Waals surface area contributed by atoms with Gasteiger partial charge in [0.05, 0.1) is 0 Å². The van der Waals surface area contributed by atoms with Gasteiger partial charge in [0.2, 0.25) is 0 Å². The molecule has 0 radical (unpaired) electrons. The second-order valence-corrected chi connectivity index (χ2v) is 23.8. The average Bonchev–Trinajstić information content (AvgIpc) is 2.99. The fourth-order valence-electron chi connectivity index (χ4n) is 0. The zero-order valence-corrected chi connectivity index (χ0v) is 74.4. The maximum Gasteiger partial charge on any atom is 1.00 e. The molecule has 82 heavy (non-hydrogen) atoms.